The van der Waals surface area contributed by atoms with Crippen LogP contribution in [-0.4, -0.2) is 57.7 Å². The van der Waals surface area contributed by atoms with Crippen molar-refractivity contribution in [1.82, 2.24) is 19.6 Å². The van der Waals surface area contributed by atoms with E-state index >= 15 is 0 Å². The number of hydrogen-bond donors (Lipinski definition) is 1. The number of rotatable bonds is 6. The molecular weight excluding hydrogens is 334 g/mol. The molecule has 3 heterocycles. The zero-order chi connectivity index (χ0) is 17.8. The highest BCUT2D eigenvalue weighted by Gasteiger charge is 2.26. The summed E-state index contributed by atoms with van der Waals surface area (Å²) >= 11 is 1.81. The second-order valence-electron chi connectivity index (χ2n) is 6.81. The van der Waals surface area contributed by atoms with Gasteiger partial charge in [0.05, 0.1) is 12.2 Å². The monoisotopic (exact) mass is 361 g/mol. The number of carbonyl (C=O) groups is 1. The Bertz CT molecular complexity index is 673. The van der Waals surface area contributed by atoms with Crippen LogP contribution < -0.4 is 5.32 Å². The molecule has 1 aliphatic heterocycles. The van der Waals surface area contributed by atoms with Crippen LogP contribution in [0.4, 0.5) is 5.82 Å². The van der Waals surface area contributed by atoms with Gasteiger partial charge in [0, 0.05) is 49.7 Å². The van der Waals surface area contributed by atoms with E-state index in [1.165, 1.54) is 4.88 Å². The highest BCUT2D eigenvalue weighted by Crippen LogP contribution is 2.16. The first-order valence-electron chi connectivity index (χ1n) is 8.87. The highest BCUT2D eigenvalue weighted by atomic mass is 32.1. The van der Waals surface area contributed by atoms with E-state index in [0.29, 0.717) is 0 Å². The van der Waals surface area contributed by atoms with Gasteiger partial charge in [-0.2, -0.15) is 5.10 Å². The Morgan fingerprint density at radius 1 is 1.24 bits per heavy atom. The van der Waals surface area contributed by atoms with E-state index in [-0.39, 0.29) is 18.0 Å². The number of nitrogens with zero attached hydrogens (tertiary/aromatic N) is 4. The Morgan fingerprint density at radius 3 is 2.64 bits per heavy atom. The van der Waals surface area contributed by atoms with E-state index in [1.807, 2.05) is 17.7 Å². The minimum Gasteiger partial charge on any atom is -0.310 e. The minimum atomic E-state index is -0.139. The smallest absolute Gasteiger partial charge is 0.242 e. The van der Waals surface area contributed by atoms with Gasteiger partial charge < -0.3 is 5.32 Å². The lowest BCUT2D eigenvalue weighted by molar-refractivity contribution is -0.121. The lowest BCUT2D eigenvalue weighted by atomic mass is 10.2. The van der Waals surface area contributed by atoms with E-state index in [2.05, 4.69) is 51.6 Å². The molecule has 7 heteroatoms. The van der Waals surface area contributed by atoms with E-state index in [4.69, 9.17) is 0 Å². The Labute approximate surface area is 153 Å². The first kappa shape index (κ1) is 18.1. The van der Waals surface area contributed by atoms with Crippen LogP contribution in [0.1, 0.15) is 31.7 Å². The number of nitrogens with one attached hydrogen (secondary N) is 1. The molecule has 1 amide bonds. The van der Waals surface area contributed by atoms with Crippen molar-refractivity contribution in [2.45, 2.75) is 39.4 Å². The highest BCUT2D eigenvalue weighted by molar-refractivity contribution is 7.09. The fourth-order valence-corrected chi connectivity index (χ4v) is 3.90. The van der Waals surface area contributed by atoms with Crippen LogP contribution in [0.2, 0.25) is 0 Å². The predicted molar refractivity (Wildman–Crippen MR) is 102 cm³/mol. The van der Waals surface area contributed by atoms with Crippen LogP contribution in [-0.2, 0) is 11.3 Å². The largest absolute Gasteiger partial charge is 0.310 e. The molecule has 1 fully saturated rings. The molecular formula is C18H27N5OS. The van der Waals surface area contributed by atoms with Gasteiger partial charge in [-0.25, -0.2) is 4.68 Å². The first-order valence-corrected chi connectivity index (χ1v) is 9.75. The lowest BCUT2D eigenvalue weighted by Gasteiger charge is -2.37. The number of aromatic nitrogens is 2. The van der Waals surface area contributed by atoms with Gasteiger partial charge in [-0.3, -0.25) is 14.6 Å². The molecule has 136 valence electrons. The Morgan fingerprint density at radius 2 is 2.00 bits per heavy atom. The summed E-state index contributed by atoms with van der Waals surface area (Å²) < 4.78 is 1.84. The Kier molecular flexibility index (Phi) is 5.88. The molecule has 1 aliphatic rings. The molecule has 1 atom stereocenters. The van der Waals surface area contributed by atoms with Crippen molar-refractivity contribution in [1.29, 1.82) is 0 Å². The molecule has 0 spiro atoms. The molecule has 2 aromatic rings. The van der Waals surface area contributed by atoms with Crippen molar-refractivity contribution in [3.63, 3.8) is 0 Å². The average molecular weight is 362 g/mol. The fraction of sp³-hybridized carbons (Fsp3) is 0.556. The lowest BCUT2D eigenvalue weighted by Crippen LogP contribution is -2.52. The van der Waals surface area contributed by atoms with Crippen molar-refractivity contribution in [2.24, 2.45) is 0 Å². The van der Waals surface area contributed by atoms with Crippen LogP contribution in [0, 0.1) is 0 Å². The van der Waals surface area contributed by atoms with Crippen molar-refractivity contribution >= 4 is 23.1 Å². The molecule has 0 bridgehead atoms. The maximum absolute atomic E-state index is 12.6. The first-order chi connectivity index (χ1) is 12.0. The molecule has 0 unspecified atom stereocenters. The van der Waals surface area contributed by atoms with Crippen molar-refractivity contribution < 1.29 is 4.79 Å². The molecule has 0 aromatic carbocycles. The Hall–Kier alpha value is -1.70. The molecule has 0 aliphatic carbocycles. The van der Waals surface area contributed by atoms with Gasteiger partial charge in [-0.1, -0.05) is 6.07 Å². The summed E-state index contributed by atoms with van der Waals surface area (Å²) in [6, 6.07) is 6.22. The van der Waals surface area contributed by atoms with E-state index < -0.39 is 0 Å². The number of amides is 1. The fourth-order valence-electron chi connectivity index (χ4n) is 3.15. The van der Waals surface area contributed by atoms with Crippen LogP contribution in [0.5, 0.6) is 0 Å². The van der Waals surface area contributed by atoms with Crippen LogP contribution in [0.25, 0.3) is 0 Å². The van der Waals surface area contributed by atoms with Gasteiger partial charge in [0.15, 0.2) is 0 Å². The average Bonchev–Trinajstić information content (AvgIpc) is 3.26. The van der Waals surface area contributed by atoms with Crippen molar-refractivity contribution in [3.8, 4) is 0 Å². The summed E-state index contributed by atoms with van der Waals surface area (Å²) in [5.74, 6) is 0.803. The normalized spacial score (nSPS) is 17.8. The summed E-state index contributed by atoms with van der Waals surface area (Å²) in [6.45, 7) is 10.9. The summed E-state index contributed by atoms with van der Waals surface area (Å²) in [5, 5.41) is 9.42. The quantitative estimate of drug-likeness (QED) is 0.859. The number of thiophene rings is 1. The third kappa shape index (κ3) is 4.48. The molecule has 2 aromatic heterocycles. The van der Waals surface area contributed by atoms with Crippen LogP contribution >= 0.6 is 11.3 Å². The van der Waals surface area contributed by atoms with E-state index in [0.717, 1.165) is 38.5 Å². The molecule has 3 rings (SSSR count). The second-order valence-corrected chi connectivity index (χ2v) is 7.84. The van der Waals surface area contributed by atoms with E-state index in [1.54, 1.807) is 17.5 Å². The maximum atomic E-state index is 12.6. The van der Waals surface area contributed by atoms with E-state index in [9.17, 15) is 4.79 Å². The number of carbonyl (C=O) groups excluding carboxylic acids is 1. The molecule has 6 nitrogen and oxygen atoms in total. The van der Waals surface area contributed by atoms with Crippen molar-refractivity contribution in [2.75, 3.05) is 31.5 Å². The summed E-state index contributed by atoms with van der Waals surface area (Å²) in [7, 11) is 0. The van der Waals surface area contributed by atoms with Crippen molar-refractivity contribution in [3.05, 3.63) is 34.7 Å². The molecule has 0 radical (unpaired) electrons. The van der Waals surface area contributed by atoms with Gasteiger partial charge in [0.25, 0.3) is 0 Å². The van der Waals surface area contributed by atoms with Gasteiger partial charge in [-0.15, -0.1) is 11.3 Å². The summed E-state index contributed by atoms with van der Waals surface area (Å²) in [6.07, 6.45) is 1.73. The minimum absolute atomic E-state index is 0.0362. The van der Waals surface area contributed by atoms with Gasteiger partial charge in [0.1, 0.15) is 5.82 Å². The molecule has 1 N–H and O–H groups in total. The molecule has 0 saturated carbocycles. The summed E-state index contributed by atoms with van der Waals surface area (Å²) in [5.41, 5.74) is 0. The van der Waals surface area contributed by atoms with Gasteiger partial charge in [-0.05, 0) is 32.2 Å². The zero-order valence-corrected chi connectivity index (χ0v) is 16.0. The van der Waals surface area contributed by atoms with Gasteiger partial charge >= 0.3 is 0 Å². The second kappa shape index (κ2) is 8.12. The third-order valence-electron chi connectivity index (χ3n) is 4.70. The maximum Gasteiger partial charge on any atom is 0.242 e. The van der Waals surface area contributed by atoms with Gasteiger partial charge in [0.2, 0.25) is 5.91 Å². The predicted octanol–water partition coefficient (Wildman–Crippen LogP) is 2.67. The topological polar surface area (TPSA) is 53.4 Å². The number of hydrogen-bond acceptors (Lipinski definition) is 5. The SMILES string of the molecule is CC(C)n1nccc1NC(=O)[C@H](C)N1CCN(Cc2cccs2)CC1. The standard InChI is InChI=1S/C18H27N5OS/c1-14(2)23-17(6-7-19-23)20-18(24)15(3)22-10-8-21(9-11-22)13-16-5-4-12-25-16/h4-7,12,14-15H,8-11,13H2,1-3H3,(H,20,24)/t15-/m0/s1. The van der Waals surface area contributed by atoms with Crippen LogP contribution in [0.3, 0.4) is 0 Å². The zero-order valence-electron chi connectivity index (χ0n) is 15.2. The number of piperazine rings is 1. The summed E-state index contributed by atoms with van der Waals surface area (Å²) in [4.78, 5) is 18.7. The third-order valence-corrected chi connectivity index (χ3v) is 5.57. The Balaban J connectivity index is 1.50. The van der Waals surface area contributed by atoms with Crippen LogP contribution in [0.15, 0.2) is 29.8 Å². The number of anilines is 1. The molecule has 1 saturated heterocycles. The molecule has 25 heavy (non-hydrogen) atoms.